The first-order chi connectivity index (χ1) is 13.2. The molecule has 27 heavy (non-hydrogen) atoms. The van der Waals surface area contributed by atoms with Crippen molar-refractivity contribution in [3.8, 4) is 0 Å². The molecule has 0 radical (unpaired) electrons. The molecule has 0 saturated carbocycles. The predicted molar refractivity (Wildman–Crippen MR) is 112 cm³/mol. The zero-order valence-corrected chi connectivity index (χ0v) is 16.9. The molecule has 1 aromatic carbocycles. The molecule has 1 aliphatic rings. The van der Waals surface area contributed by atoms with Crippen molar-refractivity contribution >= 4 is 11.6 Å². The van der Waals surface area contributed by atoms with Crippen LogP contribution in [0.5, 0.6) is 0 Å². The highest BCUT2D eigenvalue weighted by Crippen LogP contribution is 2.19. The van der Waals surface area contributed by atoms with Gasteiger partial charge in [0.25, 0.3) is 0 Å². The van der Waals surface area contributed by atoms with E-state index in [4.69, 9.17) is 0 Å². The summed E-state index contributed by atoms with van der Waals surface area (Å²) in [4.78, 5) is 24.5. The van der Waals surface area contributed by atoms with Crippen LogP contribution < -0.4 is 5.32 Å². The van der Waals surface area contributed by atoms with Crippen LogP contribution in [0.2, 0.25) is 0 Å². The van der Waals surface area contributed by atoms with E-state index in [0.717, 1.165) is 13.0 Å². The first kappa shape index (κ1) is 21.4. The highest BCUT2D eigenvalue weighted by atomic mass is 16.1. The van der Waals surface area contributed by atoms with Crippen molar-refractivity contribution in [3.63, 3.8) is 0 Å². The summed E-state index contributed by atoms with van der Waals surface area (Å²) in [5.74, 6) is -0.147. The summed E-state index contributed by atoms with van der Waals surface area (Å²) in [7, 11) is 0. The van der Waals surface area contributed by atoms with Crippen LogP contribution in [0.15, 0.2) is 36.0 Å². The second-order valence-electron chi connectivity index (χ2n) is 7.61. The van der Waals surface area contributed by atoms with E-state index in [9.17, 15) is 9.59 Å². The minimum absolute atomic E-state index is 0.0656. The summed E-state index contributed by atoms with van der Waals surface area (Å²) in [5, 5.41) is 3.17. The molecule has 0 fully saturated rings. The summed E-state index contributed by atoms with van der Waals surface area (Å²) in [6.45, 7) is 3.02. The lowest BCUT2D eigenvalue weighted by Crippen LogP contribution is -2.27. The van der Waals surface area contributed by atoms with Crippen LogP contribution in [0.3, 0.4) is 0 Å². The average Bonchev–Trinajstić information content (AvgIpc) is 2.69. The second kappa shape index (κ2) is 12.5. The van der Waals surface area contributed by atoms with Gasteiger partial charge in [-0.1, -0.05) is 102 Å². The van der Waals surface area contributed by atoms with Gasteiger partial charge in [-0.15, -0.1) is 0 Å². The van der Waals surface area contributed by atoms with Crippen LogP contribution in [-0.2, 0) is 0 Å². The van der Waals surface area contributed by atoms with E-state index >= 15 is 0 Å². The molecule has 0 saturated heterocycles. The molecule has 2 rings (SSSR count). The number of benzene rings is 1. The van der Waals surface area contributed by atoms with Gasteiger partial charge in [0.05, 0.1) is 5.70 Å². The summed E-state index contributed by atoms with van der Waals surface area (Å²) < 4.78 is 0. The fourth-order valence-corrected chi connectivity index (χ4v) is 3.64. The van der Waals surface area contributed by atoms with E-state index in [0.29, 0.717) is 16.8 Å². The molecule has 148 valence electrons. The van der Waals surface area contributed by atoms with E-state index in [1.165, 1.54) is 76.7 Å². The Hall–Kier alpha value is -1.90. The maximum Gasteiger partial charge on any atom is 0.209 e. The van der Waals surface area contributed by atoms with E-state index in [1.54, 1.807) is 24.3 Å². The fourth-order valence-electron chi connectivity index (χ4n) is 3.64. The number of ketones is 2. The highest BCUT2D eigenvalue weighted by Gasteiger charge is 2.24. The van der Waals surface area contributed by atoms with Crippen molar-refractivity contribution in [1.82, 2.24) is 5.32 Å². The van der Waals surface area contributed by atoms with Gasteiger partial charge in [0.1, 0.15) is 0 Å². The summed E-state index contributed by atoms with van der Waals surface area (Å²) in [5.41, 5.74) is 1.47. The Morgan fingerprint density at radius 2 is 1.22 bits per heavy atom. The highest BCUT2D eigenvalue weighted by molar-refractivity contribution is 6.24. The van der Waals surface area contributed by atoms with Crippen LogP contribution in [0, 0.1) is 0 Å². The number of fused-ring (bicyclic) bond motifs is 1. The number of rotatable bonds is 14. The van der Waals surface area contributed by atoms with Crippen molar-refractivity contribution in [2.45, 2.75) is 84.0 Å². The smallest absolute Gasteiger partial charge is 0.209 e. The molecule has 0 aliphatic heterocycles. The fraction of sp³-hybridized carbons (Fsp3) is 0.583. The zero-order valence-electron chi connectivity index (χ0n) is 16.9. The van der Waals surface area contributed by atoms with E-state index in [-0.39, 0.29) is 11.6 Å². The molecular formula is C24H35NO2. The Morgan fingerprint density at radius 1 is 0.704 bits per heavy atom. The largest absolute Gasteiger partial charge is 0.382 e. The van der Waals surface area contributed by atoms with Gasteiger partial charge in [0.2, 0.25) is 5.78 Å². The van der Waals surface area contributed by atoms with Gasteiger partial charge in [-0.25, -0.2) is 0 Å². The van der Waals surface area contributed by atoms with E-state index in [2.05, 4.69) is 12.2 Å². The maximum absolute atomic E-state index is 12.4. The van der Waals surface area contributed by atoms with E-state index in [1.807, 2.05) is 0 Å². The molecule has 0 amide bonds. The van der Waals surface area contributed by atoms with Crippen LogP contribution >= 0.6 is 0 Å². The molecule has 0 heterocycles. The number of hydrogen-bond acceptors (Lipinski definition) is 3. The Balaban J connectivity index is 1.50. The number of carbonyl (C=O) groups is 2. The summed E-state index contributed by atoms with van der Waals surface area (Å²) in [6, 6.07) is 7.04. The van der Waals surface area contributed by atoms with Crippen molar-refractivity contribution in [2.75, 3.05) is 6.54 Å². The molecule has 0 atom stereocenters. The van der Waals surface area contributed by atoms with Gasteiger partial charge in [-0.2, -0.15) is 0 Å². The molecule has 3 heteroatoms. The minimum atomic E-state index is -0.0811. The predicted octanol–water partition coefficient (Wildman–Crippen LogP) is 6.24. The lowest BCUT2D eigenvalue weighted by molar-refractivity contribution is 0.0978. The number of Topliss-reactive ketones (excluding diaryl/α,β-unsaturated/α-hetero) is 1. The lowest BCUT2D eigenvalue weighted by atomic mass is 9.93. The van der Waals surface area contributed by atoms with Crippen molar-refractivity contribution in [1.29, 1.82) is 0 Å². The quantitative estimate of drug-likeness (QED) is 0.395. The molecule has 0 aromatic heterocycles. The number of hydrogen-bond donors (Lipinski definition) is 1. The standard InChI is InChI=1S/C24H35NO2/c1-2-3-4-5-6-7-8-9-10-11-12-15-18-25-22-19-23(26)20-16-13-14-17-21(20)24(22)27/h13-14,16-17,19,25H,2-12,15,18H2,1H3. The third-order valence-corrected chi connectivity index (χ3v) is 5.30. The second-order valence-corrected chi connectivity index (χ2v) is 7.61. The van der Waals surface area contributed by atoms with Crippen molar-refractivity contribution < 1.29 is 9.59 Å². The number of unbranched alkanes of at least 4 members (excludes halogenated alkanes) is 11. The van der Waals surface area contributed by atoms with Gasteiger partial charge >= 0.3 is 0 Å². The minimum Gasteiger partial charge on any atom is -0.382 e. The number of carbonyl (C=O) groups excluding carboxylic acids is 2. The first-order valence-corrected chi connectivity index (χ1v) is 10.9. The Kier molecular flexibility index (Phi) is 9.89. The average molecular weight is 370 g/mol. The van der Waals surface area contributed by atoms with Crippen LogP contribution in [-0.4, -0.2) is 18.1 Å². The SMILES string of the molecule is CCCCCCCCCCCCCCNC1=CC(=O)c2ccccc2C1=O. The molecule has 1 aromatic rings. The monoisotopic (exact) mass is 369 g/mol. The molecular weight excluding hydrogens is 334 g/mol. The number of nitrogens with one attached hydrogen (secondary N) is 1. The summed E-state index contributed by atoms with van der Waals surface area (Å²) >= 11 is 0. The topological polar surface area (TPSA) is 46.2 Å². The van der Waals surface area contributed by atoms with E-state index < -0.39 is 0 Å². The third-order valence-electron chi connectivity index (χ3n) is 5.30. The van der Waals surface area contributed by atoms with Gasteiger partial charge in [0.15, 0.2) is 5.78 Å². The molecule has 0 spiro atoms. The lowest BCUT2D eigenvalue weighted by Gasteiger charge is -2.16. The van der Waals surface area contributed by atoms with Crippen LogP contribution in [0.1, 0.15) is 105 Å². The zero-order chi connectivity index (χ0) is 19.3. The molecule has 0 bridgehead atoms. The maximum atomic E-state index is 12.4. The van der Waals surface area contributed by atoms with Gasteiger partial charge in [-0.3, -0.25) is 9.59 Å². The normalized spacial score (nSPS) is 13.4. The van der Waals surface area contributed by atoms with Crippen LogP contribution in [0.4, 0.5) is 0 Å². The third kappa shape index (κ3) is 7.32. The Labute approximate surface area is 164 Å². The number of allylic oxidation sites excluding steroid dienone is 2. The van der Waals surface area contributed by atoms with Gasteiger partial charge < -0.3 is 5.32 Å². The molecule has 1 N–H and O–H groups in total. The molecule has 1 aliphatic carbocycles. The molecule has 3 nitrogen and oxygen atoms in total. The summed E-state index contributed by atoms with van der Waals surface area (Å²) in [6.07, 6.45) is 17.2. The van der Waals surface area contributed by atoms with Gasteiger partial charge in [-0.05, 0) is 6.42 Å². The Morgan fingerprint density at radius 3 is 1.81 bits per heavy atom. The van der Waals surface area contributed by atoms with Crippen LogP contribution in [0.25, 0.3) is 0 Å². The Bertz CT molecular complexity index is 633. The first-order valence-electron chi connectivity index (χ1n) is 10.9. The van der Waals surface area contributed by atoms with Crippen molar-refractivity contribution in [2.24, 2.45) is 0 Å². The molecule has 0 unspecified atom stereocenters. The van der Waals surface area contributed by atoms with Crippen molar-refractivity contribution in [3.05, 3.63) is 47.2 Å². The van der Waals surface area contributed by atoms with Gasteiger partial charge in [0, 0.05) is 23.7 Å².